The number of likely N-dealkylation sites (tertiary alicyclic amines) is 1. The molecule has 1 aliphatic heterocycles. The van der Waals surface area contributed by atoms with Gasteiger partial charge in [0.05, 0.1) is 0 Å². The third-order valence-corrected chi connectivity index (χ3v) is 4.47. The number of hydrogen-bond donors (Lipinski definition) is 2. The molecule has 0 saturated carbocycles. The molecule has 0 radical (unpaired) electrons. The van der Waals surface area contributed by atoms with E-state index in [0.29, 0.717) is 24.5 Å². The van der Waals surface area contributed by atoms with Gasteiger partial charge in [-0.2, -0.15) is 0 Å². The van der Waals surface area contributed by atoms with Crippen LogP contribution in [0.2, 0.25) is 0 Å². The van der Waals surface area contributed by atoms with E-state index in [0.717, 1.165) is 23.5 Å². The first-order chi connectivity index (χ1) is 12.5. The van der Waals surface area contributed by atoms with Crippen molar-refractivity contribution in [2.45, 2.75) is 26.2 Å². The normalized spacial score (nSPS) is 16.4. The molecule has 1 atom stereocenters. The van der Waals surface area contributed by atoms with Gasteiger partial charge >= 0.3 is 0 Å². The average Bonchev–Trinajstić information content (AvgIpc) is 3.10. The Hall–Kier alpha value is -2.96. The number of anilines is 2. The van der Waals surface area contributed by atoms with Crippen LogP contribution >= 0.6 is 0 Å². The molecule has 0 spiro atoms. The highest BCUT2D eigenvalue weighted by Crippen LogP contribution is 2.29. The number of pyridine rings is 2. The number of carbonyl (C=O) groups excluding carboxylic acids is 2. The number of nitrogens with zero attached hydrogens (tertiary/aromatic N) is 3. The maximum atomic E-state index is 12.8. The smallest absolute Gasteiger partial charge is 0.254 e. The summed E-state index contributed by atoms with van der Waals surface area (Å²) in [5, 5.41) is 5.76. The molecule has 0 aromatic carbocycles. The Balaban J connectivity index is 1.73. The molecular weight excluding hydrogens is 330 g/mol. The monoisotopic (exact) mass is 353 g/mol. The van der Waals surface area contributed by atoms with Gasteiger partial charge in [-0.3, -0.25) is 14.6 Å². The van der Waals surface area contributed by atoms with Crippen molar-refractivity contribution in [3.8, 4) is 0 Å². The second-order valence-electron chi connectivity index (χ2n) is 6.52. The van der Waals surface area contributed by atoms with Gasteiger partial charge in [-0.15, -0.1) is 0 Å². The minimum Gasteiger partial charge on any atom is -0.388 e. The molecule has 7 heteroatoms. The summed E-state index contributed by atoms with van der Waals surface area (Å²) in [5.74, 6) is 0.345. The molecule has 136 valence electrons. The second-order valence-corrected chi connectivity index (χ2v) is 6.52. The zero-order chi connectivity index (χ0) is 18.7. The SMILES string of the molecule is CNc1cc(C)nc([C@@H]2CCN(C(=O)c3ccnc(NC(C)=O)c3)C2)c1. The van der Waals surface area contributed by atoms with Crippen molar-refractivity contribution in [2.75, 3.05) is 30.8 Å². The third-order valence-electron chi connectivity index (χ3n) is 4.47. The highest BCUT2D eigenvalue weighted by Gasteiger charge is 2.29. The van der Waals surface area contributed by atoms with E-state index in [4.69, 9.17) is 0 Å². The van der Waals surface area contributed by atoms with Crippen LogP contribution in [0.5, 0.6) is 0 Å². The predicted molar refractivity (Wildman–Crippen MR) is 100 cm³/mol. The number of rotatable bonds is 4. The Morgan fingerprint density at radius 2 is 2.08 bits per heavy atom. The number of aryl methyl sites for hydroxylation is 1. The van der Waals surface area contributed by atoms with Crippen molar-refractivity contribution in [1.82, 2.24) is 14.9 Å². The van der Waals surface area contributed by atoms with Gasteiger partial charge in [0.25, 0.3) is 5.91 Å². The molecule has 7 nitrogen and oxygen atoms in total. The van der Waals surface area contributed by atoms with E-state index >= 15 is 0 Å². The fourth-order valence-electron chi connectivity index (χ4n) is 3.23. The quantitative estimate of drug-likeness (QED) is 0.881. The predicted octanol–water partition coefficient (Wildman–Crippen LogP) is 2.41. The van der Waals surface area contributed by atoms with Gasteiger partial charge in [-0.05, 0) is 37.6 Å². The lowest BCUT2D eigenvalue weighted by atomic mass is 10.0. The summed E-state index contributed by atoms with van der Waals surface area (Å²) in [7, 11) is 1.89. The van der Waals surface area contributed by atoms with Crippen molar-refractivity contribution in [3.63, 3.8) is 0 Å². The molecule has 1 saturated heterocycles. The van der Waals surface area contributed by atoms with E-state index < -0.39 is 0 Å². The summed E-state index contributed by atoms with van der Waals surface area (Å²) < 4.78 is 0. The molecule has 2 N–H and O–H groups in total. The van der Waals surface area contributed by atoms with Crippen molar-refractivity contribution >= 4 is 23.3 Å². The Morgan fingerprint density at radius 3 is 2.81 bits per heavy atom. The summed E-state index contributed by atoms with van der Waals surface area (Å²) in [6.07, 6.45) is 2.42. The van der Waals surface area contributed by atoms with Crippen molar-refractivity contribution in [3.05, 3.63) is 47.4 Å². The summed E-state index contributed by atoms with van der Waals surface area (Å²) in [5.41, 5.74) is 3.54. The maximum Gasteiger partial charge on any atom is 0.254 e. The average molecular weight is 353 g/mol. The lowest BCUT2D eigenvalue weighted by molar-refractivity contribution is -0.114. The van der Waals surface area contributed by atoms with Gasteiger partial charge in [0, 0.05) is 61.8 Å². The van der Waals surface area contributed by atoms with E-state index in [9.17, 15) is 9.59 Å². The zero-order valence-electron chi connectivity index (χ0n) is 15.2. The van der Waals surface area contributed by atoms with Crippen LogP contribution in [0.15, 0.2) is 30.5 Å². The van der Waals surface area contributed by atoms with Crippen LogP contribution < -0.4 is 10.6 Å². The number of hydrogen-bond acceptors (Lipinski definition) is 5. The number of carbonyl (C=O) groups is 2. The van der Waals surface area contributed by atoms with Crippen LogP contribution in [0.4, 0.5) is 11.5 Å². The molecule has 1 aliphatic rings. The van der Waals surface area contributed by atoms with Gasteiger partial charge in [0.15, 0.2) is 0 Å². The fourth-order valence-corrected chi connectivity index (χ4v) is 3.23. The van der Waals surface area contributed by atoms with E-state index in [-0.39, 0.29) is 17.7 Å². The van der Waals surface area contributed by atoms with Crippen LogP contribution in [-0.2, 0) is 4.79 Å². The second kappa shape index (κ2) is 7.51. The van der Waals surface area contributed by atoms with Gasteiger partial charge < -0.3 is 15.5 Å². The Labute approximate surface area is 152 Å². The van der Waals surface area contributed by atoms with Crippen LogP contribution in [0.3, 0.4) is 0 Å². The molecule has 1 fully saturated rings. The van der Waals surface area contributed by atoms with Crippen LogP contribution in [0.1, 0.15) is 41.0 Å². The summed E-state index contributed by atoms with van der Waals surface area (Å²) in [6.45, 7) is 4.71. The van der Waals surface area contributed by atoms with Gasteiger partial charge in [-0.1, -0.05) is 0 Å². The van der Waals surface area contributed by atoms with E-state index in [2.05, 4.69) is 20.6 Å². The zero-order valence-corrected chi connectivity index (χ0v) is 15.2. The number of aromatic nitrogens is 2. The van der Waals surface area contributed by atoms with Gasteiger partial charge in [0.1, 0.15) is 5.82 Å². The minimum absolute atomic E-state index is 0.0528. The molecule has 2 aromatic rings. The van der Waals surface area contributed by atoms with Crippen molar-refractivity contribution in [2.24, 2.45) is 0 Å². The number of amides is 2. The van der Waals surface area contributed by atoms with Gasteiger partial charge in [0.2, 0.25) is 5.91 Å². The Bertz CT molecular complexity index is 836. The Morgan fingerprint density at radius 1 is 1.27 bits per heavy atom. The molecular formula is C19H23N5O2. The molecule has 0 bridgehead atoms. The first-order valence-corrected chi connectivity index (χ1v) is 8.65. The maximum absolute atomic E-state index is 12.8. The molecule has 0 unspecified atom stereocenters. The summed E-state index contributed by atoms with van der Waals surface area (Å²) >= 11 is 0. The fraction of sp³-hybridized carbons (Fsp3) is 0.368. The highest BCUT2D eigenvalue weighted by atomic mass is 16.2. The van der Waals surface area contributed by atoms with E-state index in [1.165, 1.54) is 13.1 Å². The molecule has 3 rings (SSSR count). The van der Waals surface area contributed by atoms with Crippen LogP contribution in [0, 0.1) is 6.92 Å². The lowest BCUT2D eigenvalue weighted by Gasteiger charge is -2.17. The summed E-state index contributed by atoms with van der Waals surface area (Å²) in [4.78, 5) is 34.5. The molecule has 2 aromatic heterocycles. The van der Waals surface area contributed by atoms with E-state index in [1.54, 1.807) is 12.1 Å². The van der Waals surface area contributed by atoms with Gasteiger partial charge in [-0.25, -0.2) is 4.98 Å². The highest BCUT2D eigenvalue weighted by molar-refractivity contribution is 5.96. The topological polar surface area (TPSA) is 87.2 Å². The molecule has 3 heterocycles. The minimum atomic E-state index is -0.214. The first-order valence-electron chi connectivity index (χ1n) is 8.65. The van der Waals surface area contributed by atoms with Crippen LogP contribution in [-0.4, -0.2) is 46.8 Å². The first kappa shape index (κ1) is 17.8. The third kappa shape index (κ3) is 3.99. The van der Waals surface area contributed by atoms with E-state index in [1.807, 2.05) is 31.0 Å². The van der Waals surface area contributed by atoms with Crippen molar-refractivity contribution < 1.29 is 9.59 Å². The molecule has 2 amide bonds. The number of nitrogens with one attached hydrogen (secondary N) is 2. The summed E-state index contributed by atoms with van der Waals surface area (Å²) in [6, 6.07) is 7.33. The largest absolute Gasteiger partial charge is 0.388 e. The van der Waals surface area contributed by atoms with Crippen molar-refractivity contribution in [1.29, 1.82) is 0 Å². The molecule has 26 heavy (non-hydrogen) atoms. The Kier molecular flexibility index (Phi) is 5.16. The standard InChI is InChI=1S/C19H23N5O2/c1-12-8-16(20-3)10-17(22-12)15-5-7-24(11-15)19(26)14-4-6-21-18(9-14)23-13(2)25/h4,6,8-10,15H,5,7,11H2,1-3H3,(H,20,22)(H,21,23,25)/t15-/m1/s1. The lowest BCUT2D eigenvalue weighted by Crippen LogP contribution is -2.28. The molecule has 0 aliphatic carbocycles. The van der Waals surface area contributed by atoms with Crippen LogP contribution in [0.25, 0.3) is 0 Å².